The lowest BCUT2D eigenvalue weighted by Gasteiger charge is -2.28. The van der Waals surface area contributed by atoms with Crippen molar-refractivity contribution < 1.29 is 4.21 Å². The van der Waals surface area contributed by atoms with Gasteiger partial charge in [-0.15, -0.1) is 11.3 Å². The summed E-state index contributed by atoms with van der Waals surface area (Å²) in [6, 6.07) is 16.8. The van der Waals surface area contributed by atoms with Gasteiger partial charge in [0.2, 0.25) is 0 Å². The van der Waals surface area contributed by atoms with E-state index in [1.165, 1.54) is 6.42 Å². The SMILES string of the molecule is CNS(=O)c1cccc(-c2nc3cc(Nc4cccc(N5CC6C[C@H]5CN6)n4)ncc3s2)c1. The number of nitrogens with one attached hydrogen (secondary N) is 3. The van der Waals surface area contributed by atoms with Crippen LogP contribution in [0.15, 0.2) is 59.6 Å². The van der Waals surface area contributed by atoms with Crippen molar-refractivity contribution in [2.45, 2.75) is 23.4 Å². The summed E-state index contributed by atoms with van der Waals surface area (Å²) in [6.45, 7) is 2.04. The average molecular weight is 478 g/mol. The molecule has 2 bridgehead atoms. The standard InChI is InChI=1S/C23H23N7OS2/c1-24-33(31)17-5-2-4-14(8-17)23-27-18-10-21(26-12-19(18)32-23)28-20-6-3-7-22(29-20)30-13-15-9-16(30)11-25-15/h2-8,10,12,15-16,24-25H,9,11,13H2,1H3,(H,26,28,29)/t15?,16-,33?/m0/s1. The van der Waals surface area contributed by atoms with Crippen LogP contribution >= 0.6 is 11.3 Å². The van der Waals surface area contributed by atoms with Crippen LogP contribution in [0.4, 0.5) is 17.5 Å². The predicted molar refractivity (Wildman–Crippen MR) is 133 cm³/mol. The van der Waals surface area contributed by atoms with Gasteiger partial charge in [0, 0.05) is 43.0 Å². The van der Waals surface area contributed by atoms with E-state index in [1.807, 2.05) is 48.7 Å². The lowest BCUT2D eigenvalue weighted by atomic mass is 10.2. The molecule has 5 heterocycles. The molecule has 2 saturated heterocycles. The molecular formula is C23H23N7OS2. The Kier molecular flexibility index (Phi) is 5.30. The zero-order valence-electron chi connectivity index (χ0n) is 18.0. The second kappa shape index (κ2) is 8.45. The second-order valence-electron chi connectivity index (χ2n) is 8.21. The summed E-state index contributed by atoms with van der Waals surface area (Å²) in [6.07, 6.45) is 3.03. The van der Waals surface area contributed by atoms with E-state index in [1.54, 1.807) is 18.4 Å². The topological polar surface area (TPSA) is 95.1 Å². The van der Waals surface area contributed by atoms with Gasteiger partial charge in [0.25, 0.3) is 0 Å². The van der Waals surface area contributed by atoms with Crippen LogP contribution in [-0.2, 0) is 11.0 Å². The summed E-state index contributed by atoms with van der Waals surface area (Å²) in [5, 5.41) is 7.74. The van der Waals surface area contributed by atoms with E-state index in [2.05, 4.69) is 31.3 Å². The molecule has 2 aliphatic heterocycles. The highest BCUT2D eigenvalue weighted by atomic mass is 32.2. The first-order valence-corrected chi connectivity index (χ1v) is 12.8. The van der Waals surface area contributed by atoms with E-state index >= 15 is 0 Å². The Morgan fingerprint density at radius 2 is 2.06 bits per heavy atom. The number of thiazole rings is 1. The zero-order chi connectivity index (χ0) is 22.4. The molecular weight excluding hydrogens is 454 g/mol. The lowest BCUT2D eigenvalue weighted by molar-refractivity contribution is 0.576. The average Bonchev–Trinajstić information content (AvgIpc) is 3.59. The summed E-state index contributed by atoms with van der Waals surface area (Å²) in [7, 11) is 0.447. The van der Waals surface area contributed by atoms with Crippen LogP contribution in [0.5, 0.6) is 0 Å². The Hall–Kier alpha value is -2.92. The number of nitrogens with zero attached hydrogens (tertiary/aromatic N) is 4. The fourth-order valence-corrected chi connectivity index (χ4v) is 6.10. The predicted octanol–water partition coefficient (Wildman–Crippen LogP) is 3.29. The highest BCUT2D eigenvalue weighted by Gasteiger charge is 2.38. The van der Waals surface area contributed by atoms with Gasteiger partial charge in [-0.3, -0.25) is 0 Å². The summed E-state index contributed by atoms with van der Waals surface area (Å²) in [4.78, 5) is 17.3. The van der Waals surface area contributed by atoms with E-state index in [0.29, 0.717) is 17.9 Å². The molecule has 33 heavy (non-hydrogen) atoms. The van der Waals surface area contributed by atoms with Crippen molar-refractivity contribution in [3.8, 4) is 10.6 Å². The minimum absolute atomic E-state index is 0.532. The summed E-state index contributed by atoms with van der Waals surface area (Å²) in [5.41, 5.74) is 1.81. The highest BCUT2D eigenvalue weighted by molar-refractivity contribution is 7.83. The number of piperazine rings is 1. The lowest BCUT2D eigenvalue weighted by Crippen LogP contribution is -2.44. The zero-order valence-corrected chi connectivity index (χ0v) is 19.6. The number of anilines is 3. The third kappa shape index (κ3) is 3.99. The molecule has 168 valence electrons. The maximum atomic E-state index is 12.1. The highest BCUT2D eigenvalue weighted by Crippen LogP contribution is 2.32. The van der Waals surface area contributed by atoms with Crippen molar-refractivity contribution >= 4 is 50.0 Å². The van der Waals surface area contributed by atoms with Crippen LogP contribution in [-0.4, -0.2) is 51.4 Å². The van der Waals surface area contributed by atoms with Crippen LogP contribution in [0.2, 0.25) is 0 Å². The van der Waals surface area contributed by atoms with E-state index in [-0.39, 0.29) is 0 Å². The number of fused-ring (bicyclic) bond motifs is 3. The Bertz CT molecular complexity index is 1360. The first-order valence-electron chi connectivity index (χ1n) is 10.9. The first-order chi connectivity index (χ1) is 16.2. The third-order valence-electron chi connectivity index (χ3n) is 6.10. The van der Waals surface area contributed by atoms with E-state index in [0.717, 1.165) is 50.4 Å². The van der Waals surface area contributed by atoms with E-state index in [9.17, 15) is 4.21 Å². The van der Waals surface area contributed by atoms with Gasteiger partial charge in [-0.2, -0.15) is 0 Å². The van der Waals surface area contributed by atoms with Gasteiger partial charge in [-0.05, 0) is 37.7 Å². The summed E-state index contributed by atoms with van der Waals surface area (Å²) in [5.74, 6) is 2.48. The molecule has 1 aromatic carbocycles. The number of pyridine rings is 2. The molecule has 0 saturated carbocycles. The molecule has 3 N–H and O–H groups in total. The van der Waals surface area contributed by atoms with Crippen LogP contribution in [0, 0.1) is 0 Å². The van der Waals surface area contributed by atoms with Gasteiger partial charge in [0.15, 0.2) is 0 Å². The molecule has 2 fully saturated rings. The van der Waals surface area contributed by atoms with Gasteiger partial charge >= 0.3 is 0 Å². The van der Waals surface area contributed by atoms with E-state index in [4.69, 9.17) is 9.97 Å². The maximum absolute atomic E-state index is 12.1. The van der Waals surface area contributed by atoms with Crippen LogP contribution in [0.3, 0.4) is 0 Å². The Balaban J connectivity index is 1.25. The fraction of sp³-hybridized carbons (Fsp3) is 0.261. The van der Waals surface area contributed by atoms with Crippen LogP contribution in [0.25, 0.3) is 20.8 Å². The van der Waals surface area contributed by atoms with Crippen molar-refractivity contribution in [3.05, 3.63) is 54.7 Å². The van der Waals surface area contributed by atoms with Crippen molar-refractivity contribution in [1.29, 1.82) is 0 Å². The quantitative estimate of drug-likeness (QED) is 0.392. The number of hydrogen-bond donors (Lipinski definition) is 3. The molecule has 0 spiro atoms. The van der Waals surface area contributed by atoms with Gasteiger partial charge in [-0.1, -0.05) is 18.2 Å². The molecule has 4 aromatic rings. The van der Waals surface area contributed by atoms with Crippen molar-refractivity contribution in [3.63, 3.8) is 0 Å². The molecule has 6 rings (SSSR count). The minimum atomic E-state index is -1.23. The smallest absolute Gasteiger partial charge is 0.133 e. The van der Waals surface area contributed by atoms with Gasteiger partial charge in [0.1, 0.15) is 33.4 Å². The summed E-state index contributed by atoms with van der Waals surface area (Å²) < 4.78 is 15.9. The Morgan fingerprint density at radius 1 is 1.15 bits per heavy atom. The monoisotopic (exact) mass is 477 g/mol. The molecule has 8 nitrogen and oxygen atoms in total. The number of rotatable bonds is 6. The molecule has 0 amide bonds. The first kappa shape index (κ1) is 20.7. The number of aromatic nitrogens is 3. The largest absolute Gasteiger partial charge is 0.351 e. The Morgan fingerprint density at radius 3 is 2.88 bits per heavy atom. The molecule has 2 unspecified atom stereocenters. The molecule has 3 aromatic heterocycles. The fourth-order valence-electron chi connectivity index (χ4n) is 4.51. The van der Waals surface area contributed by atoms with Crippen molar-refractivity contribution in [1.82, 2.24) is 25.0 Å². The molecule has 0 radical (unpaired) electrons. The number of benzene rings is 1. The van der Waals surface area contributed by atoms with Gasteiger partial charge < -0.3 is 15.5 Å². The second-order valence-corrected chi connectivity index (χ2v) is 10.7. The van der Waals surface area contributed by atoms with Crippen LogP contribution < -0.4 is 20.3 Å². The number of hydrogen-bond acceptors (Lipinski definition) is 8. The maximum Gasteiger partial charge on any atom is 0.133 e. The van der Waals surface area contributed by atoms with Crippen molar-refractivity contribution in [2.75, 3.05) is 30.4 Å². The van der Waals surface area contributed by atoms with Gasteiger partial charge in [0.05, 0.1) is 15.1 Å². The molecule has 3 atom stereocenters. The molecule has 0 aliphatic carbocycles. The van der Waals surface area contributed by atoms with Crippen molar-refractivity contribution in [2.24, 2.45) is 0 Å². The molecule has 10 heteroatoms. The summed E-state index contributed by atoms with van der Waals surface area (Å²) >= 11 is 1.57. The molecule has 2 aliphatic rings. The Labute approximate surface area is 198 Å². The normalized spacial score (nSPS) is 20.5. The third-order valence-corrected chi connectivity index (χ3v) is 8.20. The van der Waals surface area contributed by atoms with E-state index < -0.39 is 11.0 Å². The van der Waals surface area contributed by atoms with Gasteiger partial charge in [-0.25, -0.2) is 23.9 Å². The van der Waals surface area contributed by atoms with Crippen LogP contribution in [0.1, 0.15) is 6.42 Å². The minimum Gasteiger partial charge on any atom is -0.351 e.